The second-order valence-electron chi connectivity index (χ2n) is 7.70. The van der Waals surface area contributed by atoms with Crippen LogP contribution in [0, 0.1) is 0 Å². The van der Waals surface area contributed by atoms with Crippen molar-refractivity contribution in [3.8, 4) is 0 Å². The summed E-state index contributed by atoms with van der Waals surface area (Å²) in [5.41, 5.74) is 0. The first-order chi connectivity index (χ1) is 14.4. The van der Waals surface area contributed by atoms with Gasteiger partial charge < -0.3 is 40.1 Å². The molecule has 0 radical (unpaired) electrons. The molecule has 0 aromatic rings. The van der Waals surface area contributed by atoms with E-state index in [1.54, 1.807) is 0 Å². The highest BCUT2D eigenvalue weighted by Gasteiger charge is 2.30. The van der Waals surface area contributed by atoms with Crippen molar-refractivity contribution < 1.29 is 44.9 Å². The number of ether oxygens (including phenoxy) is 2. The Morgan fingerprint density at radius 3 is 1.80 bits per heavy atom. The average Bonchev–Trinajstić information content (AvgIpc) is 2.76. The fourth-order valence-corrected chi connectivity index (χ4v) is 2.89. The smallest absolute Gasteiger partial charge is 0.305 e. The molecule has 0 aliphatic heterocycles. The Morgan fingerprint density at radius 1 is 0.733 bits per heavy atom. The van der Waals surface area contributed by atoms with Crippen LogP contribution in [0.1, 0.15) is 71.1 Å². The van der Waals surface area contributed by atoms with E-state index in [9.17, 15) is 30.3 Å². The third kappa shape index (κ3) is 14.2. The summed E-state index contributed by atoms with van der Waals surface area (Å²) in [6.45, 7) is 0.296. The lowest BCUT2D eigenvalue weighted by Crippen LogP contribution is -2.48. The molecule has 9 heteroatoms. The zero-order valence-corrected chi connectivity index (χ0v) is 18.2. The fraction of sp³-hybridized carbons (Fsp3) is 0.952. The van der Waals surface area contributed by atoms with Gasteiger partial charge in [0, 0.05) is 6.42 Å². The van der Waals surface area contributed by atoms with Crippen molar-refractivity contribution in [3.63, 3.8) is 0 Å². The highest BCUT2D eigenvalue weighted by atomic mass is 16.6. The maximum absolute atomic E-state index is 11.8. The van der Waals surface area contributed by atoms with Crippen LogP contribution in [0.25, 0.3) is 0 Å². The van der Waals surface area contributed by atoms with Crippen molar-refractivity contribution in [1.29, 1.82) is 0 Å². The number of aliphatic hydroxyl groups is 6. The third-order valence-corrected chi connectivity index (χ3v) is 4.95. The number of hydrogen-bond acceptors (Lipinski definition) is 9. The second-order valence-corrected chi connectivity index (χ2v) is 7.70. The summed E-state index contributed by atoms with van der Waals surface area (Å²) in [6.07, 6.45) is 3.04. The molecule has 5 atom stereocenters. The van der Waals surface area contributed by atoms with Crippen LogP contribution < -0.4 is 0 Å². The SMILES string of the molecule is CCCCCCCCCCCC(=O)OCC(CO)OC[C@H](O)[C@@H](O)[C@H](O)[C@H](O)CO. The molecule has 0 heterocycles. The molecule has 0 amide bonds. The minimum absolute atomic E-state index is 0.197. The topological polar surface area (TPSA) is 157 Å². The first kappa shape index (κ1) is 29.2. The maximum Gasteiger partial charge on any atom is 0.305 e. The van der Waals surface area contributed by atoms with Crippen molar-refractivity contribution in [2.45, 2.75) is 102 Å². The normalized spacial score (nSPS) is 16.6. The zero-order chi connectivity index (χ0) is 22.8. The Hall–Kier alpha value is -0.810. The molecule has 0 fully saturated rings. The van der Waals surface area contributed by atoms with Gasteiger partial charge in [-0.25, -0.2) is 0 Å². The molecule has 1 unspecified atom stereocenters. The van der Waals surface area contributed by atoms with Gasteiger partial charge in [0.1, 0.15) is 37.1 Å². The average molecular weight is 439 g/mol. The number of carbonyl (C=O) groups is 1. The van der Waals surface area contributed by atoms with Crippen LogP contribution in [-0.4, -0.2) is 93.6 Å². The highest BCUT2D eigenvalue weighted by molar-refractivity contribution is 5.69. The van der Waals surface area contributed by atoms with Gasteiger partial charge in [0.05, 0.1) is 19.8 Å². The fourth-order valence-electron chi connectivity index (χ4n) is 2.89. The minimum atomic E-state index is -1.75. The highest BCUT2D eigenvalue weighted by Crippen LogP contribution is 2.11. The van der Waals surface area contributed by atoms with Gasteiger partial charge >= 0.3 is 5.97 Å². The lowest BCUT2D eigenvalue weighted by atomic mass is 10.0. The van der Waals surface area contributed by atoms with Crippen molar-refractivity contribution in [2.75, 3.05) is 26.4 Å². The van der Waals surface area contributed by atoms with E-state index in [1.807, 2.05) is 0 Å². The molecule has 0 aromatic carbocycles. The first-order valence-corrected chi connectivity index (χ1v) is 11.1. The summed E-state index contributed by atoms with van der Waals surface area (Å²) in [5.74, 6) is -0.387. The molecule has 6 N–H and O–H groups in total. The van der Waals surface area contributed by atoms with E-state index in [-0.39, 0.29) is 12.6 Å². The first-order valence-electron chi connectivity index (χ1n) is 11.1. The summed E-state index contributed by atoms with van der Waals surface area (Å²) >= 11 is 0. The van der Waals surface area contributed by atoms with Crippen LogP contribution in [0.5, 0.6) is 0 Å². The predicted octanol–water partition coefficient (Wildman–Crippen LogP) is 0.264. The summed E-state index contributed by atoms with van der Waals surface area (Å²) in [5, 5.41) is 56.3. The molecule has 0 aliphatic carbocycles. The van der Waals surface area contributed by atoms with Gasteiger partial charge in [0.2, 0.25) is 0 Å². The Kier molecular flexibility index (Phi) is 18.4. The van der Waals surface area contributed by atoms with Crippen molar-refractivity contribution in [2.24, 2.45) is 0 Å². The Balaban J connectivity index is 3.88. The van der Waals surface area contributed by atoms with Crippen LogP contribution in [0.3, 0.4) is 0 Å². The molecule has 180 valence electrons. The van der Waals surface area contributed by atoms with Crippen LogP contribution in [0.2, 0.25) is 0 Å². The summed E-state index contributed by atoms with van der Waals surface area (Å²) in [6, 6.07) is 0. The summed E-state index contributed by atoms with van der Waals surface area (Å²) in [4.78, 5) is 11.8. The van der Waals surface area contributed by atoms with Gasteiger partial charge in [-0.05, 0) is 6.42 Å². The Labute approximate surface area is 179 Å². The molecule has 0 aliphatic rings. The van der Waals surface area contributed by atoms with Crippen LogP contribution in [0.15, 0.2) is 0 Å². The molecule has 0 saturated carbocycles. The Morgan fingerprint density at radius 2 is 1.27 bits per heavy atom. The van der Waals surface area contributed by atoms with E-state index in [0.717, 1.165) is 19.3 Å². The lowest BCUT2D eigenvalue weighted by Gasteiger charge is -2.26. The number of hydrogen-bond donors (Lipinski definition) is 6. The van der Waals surface area contributed by atoms with Gasteiger partial charge in [0.25, 0.3) is 0 Å². The van der Waals surface area contributed by atoms with Crippen molar-refractivity contribution >= 4 is 5.97 Å². The van der Waals surface area contributed by atoms with Crippen LogP contribution >= 0.6 is 0 Å². The van der Waals surface area contributed by atoms with E-state index in [1.165, 1.54) is 38.5 Å². The minimum Gasteiger partial charge on any atom is -0.463 e. The van der Waals surface area contributed by atoms with E-state index >= 15 is 0 Å². The zero-order valence-electron chi connectivity index (χ0n) is 18.2. The maximum atomic E-state index is 11.8. The molecule has 0 bridgehead atoms. The number of aliphatic hydroxyl groups excluding tert-OH is 6. The van der Waals surface area contributed by atoms with Gasteiger partial charge in [-0.15, -0.1) is 0 Å². The molecule has 9 nitrogen and oxygen atoms in total. The molecule has 0 rings (SSSR count). The molecule has 0 spiro atoms. The second kappa shape index (κ2) is 18.9. The van der Waals surface area contributed by atoms with Gasteiger partial charge in [-0.1, -0.05) is 58.3 Å². The van der Waals surface area contributed by atoms with Crippen molar-refractivity contribution in [3.05, 3.63) is 0 Å². The van der Waals surface area contributed by atoms with Crippen LogP contribution in [-0.2, 0) is 14.3 Å². The third-order valence-electron chi connectivity index (χ3n) is 4.95. The molecule has 0 saturated heterocycles. The summed E-state index contributed by atoms with van der Waals surface area (Å²) in [7, 11) is 0. The quantitative estimate of drug-likeness (QED) is 0.116. The van der Waals surface area contributed by atoms with E-state index in [2.05, 4.69) is 6.92 Å². The molecular weight excluding hydrogens is 396 g/mol. The van der Waals surface area contributed by atoms with Crippen molar-refractivity contribution in [1.82, 2.24) is 0 Å². The van der Waals surface area contributed by atoms with Gasteiger partial charge in [-0.2, -0.15) is 0 Å². The molecule has 0 aromatic heterocycles. The van der Waals surface area contributed by atoms with Crippen LogP contribution in [0.4, 0.5) is 0 Å². The van der Waals surface area contributed by atoms with E-state index in [4.69, 9.17) is 14.6 Å². The largest absolute Gasteiger partial charge is 0.463 e. The van der Waals surface area contributed by atoms with Gasteiger partial charge in [-0.3, -0.25) is 4.79 Å². The molecule has 30 heavy (non-hydrogen) atoms. The number of rotatable bonds is 20. The van der Waals surface area contributed by atoms with E-state index < -0.39 is 50.3 Å². The molecular formula is C21H42O9. The van der Waals surface area contributed by atoms with E-state index in [0.29, 0.717) is 6.42 Å². The number of carbonyl (C=O) groups excluding carboxylic acids is 1. The Bertz CT molecular complexity index is 408. The number of unbranched alkanes of at least 4 members (excludes halogenated alkanes) is 8. The summed E-state index contributed by atoms with van der Waals surface area (Å²) < 4.78 is 10.3. The predicted molar refractivity (Wildman–Crippen MR) is 111 cm³/mol. The standard InChI is InChI=1S/C21H42O9/c1-2-3-4-5-6-7-8-9-10-11-19(26)30-14-16(12-22)29-15-18(25)21(28)20(27)17(24)13-23/h16-18,20-25,27-28H,2-15H2,1H3/t16?,17-,18+,20-,21-/m1/s1. The lowest BCUT2D eigenvalue weighted by molar-refractivity contribution is -0.156. The van der Waals surface area contributed by atoms with Gasteiger partial charge in [0.15, 0.2) is 0 Å². The monoisotopic (exact) mass is 438 g/mol. The number of esters is 1.